The lowest BCUT2D eigenvalue weighted by Gasteiger charge is -2.30. The highest BCUT2D eigenvalue weighted by molar-refractivity contribution is 5.84. The zero-order valence-corrected chi connectivity index (χ0v) is 15.9. The van der Waals surface area contributed by atoms with Crippen LogP contribution in [-0.2, 0) is 6.42 Å². The Balaban J connectivity index is 1.62. The molecule has 8 heteroatoms. The number of piperidine rings is 1. The Morgan fingerprint density at radius 1 is 1.32 bits per heavy atom. The van der Waals surface area contributed by atoms with Crippen molar-refractivity contribution in [3.63, 3.8) is 0 Å². The van der Waals surface area contributed by atoms with Crippen LogP contribution in [0.3, 0.4) is 0 Å². The maximum Gasteiger partial charge on any atom is 0.183 e. The number of likely N-dealkylation sites (tertiary alicyclic amines) is 1. The summed E-state index contributed by atoms with van der Waals surface area (Å²) in [4.78, 5) is 6.88. The van der Waals surface area contributed by atoms with Crippen LogP contribution in [0.5, 0.6) is 11.5 Å². The van der Waals surface area contributed by atoms with Crippen LogP contribution in [0.2, 0.25) is 0 Å². The molecule has 0 unspecified atom stereocenters. The molecule has 2 aromatic heterocycles. The Bertz CT molecular complexity index is 1080. The van der Waals surface area contributed by atoms with Crippen molar-refractivity contribution in [2.45, 2.75) is 32.2 Å². The molecule has 146 valence electrons. The van der Waals surface area contributed by atoms with Crippen molar-refractivity contribution in [2.24, 2.45) is 0 Å². The summed E-state index contributed by atoms with van der Waals surface area (Å²) in [5.41, 5.74) is 3.51. The minimum absolute atomic E-state index is 0.0130. The molecule has 0 saturated carbocycles. The van der Waals surface area contributed by atoms with Crippen LogP contribution in [0.1, 0.15) is 30.0 Å². The Kier molecular flexibility index (Phi) is 3.97. The molecule has 28 heavy (non-hydrogen) atoms. The number of nitrogens with zero attached hydrogens (tertiary/aromatic N) is 5. The Hall–Kier alpha value is -2.74. The fraction of sp³-hybridized carbons (Fsp3) is 0.450. The van der Waals surface area contributed by atoms with Gasteiger partial charge in [0.2, 0.25) is 0 Å². The van der Waals surface area contributed by atoms with Gasteiger partial charge in [-0.1, -0.05) is 0 Å². The van der Waals surface area contributed by atoms with E-state index in [4.69, 9.17) is 4.74 Å². The monoisotopic (exact) mass is 383 g/mol. The second-order valence-corrected chi connectivity index (χ2v) is 7.72. The van der Waals surface area contributed by atoms with Crippen molar-refractivity contribution in [3.05, 3.63) is 29.3 Å². The van der Waals surface area contributed by atoms with E-state index in [-0.39, 0.29) is 11.5 Å². The van der Waals surface area contributed by atoms with Gasteiger partial charge >= 0.3 is 0 Å². The first-order valence-electron chi connectivity index (χ1n) is 9.60. The van der Waals surface area contributed by atoms with Crippen LogP contribution in [-0.4, -0.2) is 56.5 Å². The molecule has 1 aromatic carbocycles. The third-order valence-electron chi connectivity index (χ3n) is 5.87. The van der Waals surface area contributed by atoms with Gasteiger partial charge in [0.15, 0.2) is 17.2 Å². The quantitative estimate of drug-likeness (QED) is 0.733. The van der Waals surface area contributed by atoms with E-state index in [0.717, 1.165) is 42.7 Å². The molecule has 3 aromatic rings. The van der Waals surface area contributed by atoms with Crippen LogP contribution < -0.4 is 4.74 Å². The molecule has 7 nitrogen and oxygen atoms in total. The molecule has 0 aliphatic carbocycles. The number of aromatic nitrogens is 4. The molecule has 5 rings (SSSR count). The number of aryl methyl sites for hydroxylation is 1. The summed E-state index contributed by atoms with van der Waals surface area (Å²) in [6.07, 6.45) is 4.51. The maximum atomic E-state index is 14.4. The first-order chi connectivity index (χ1) is 13.5. The molecule has 2 aliphatic heterocycles. The number of rotatable bonds is 2. The summed E-state index contributed by atoms with van der Waals surface area (Å²) >= 11 is 0. The van der Waals surface area contributed by atoms with Crippen LogP contribution in [0, 0.1) is 12.7 Å². The summed E-state index contributed by atoms with van der Waals surface area (Å²) in [5, 5.41) is 19.4. The Morgan fingerprint density at radius 2 is 2.18 bits per heavy atom. The van der Waals surface area contributed by atoms with Crippen molar-refractivity contribution in [1.29, 1.82) is 0 Å². The highest BCUT2D eigenvalue weighted by atomic mass is 19.1. The van der Waals surface area contributed by atoms with Gasteiger partial charge in [0.25, 0.3) is 0 Å². The Labute approximate surface area is 161 Å². The van der Waals surface area contributed by atoms with Crippen molar-refractivity contribution in [1.82, 2.24) is 24.6 Å². The molecule has 0 radical (unpaired) electrons. The van der Waals surface area contributed by atoms with Crippen molar-refractivity contribution in [3.8, 4) is 22.8 Å². The minimum atomic E-state index is -0.489. The number of fused-ring (bicyclic) bond motifs is 2. The second-order valence-electron chi connectivity index (χ2n) is 7.72. The van der Waals surface area contributed by atoms with Gasteiger partial charge in [-0.2, -0.15) is 0 Å². The lowest BCUT2D eigenvalue weighted by molar-refractivity contribution is 0.214. The molecular formula is C20H22FN5O2. The summed E-state index contributed by atoms with van der Waals surface area (Å²) in [6.45, 7) is 4.31. The molecule has 4 heterocycles. The van der Waals surface area contributed by atoms with Gasteiger partial charge in [-0.05, 0) is 39.4 Å². The average molecular weight is 383 g/mol. The third kappa shape index (κ3) is 2.55. The number of benzene rings is 1. The number of phenols is 1. The maximum absolute atomic E-state index is 14.4. The standard InChI is InChI=1S/C20H22FN5O2/c1-11-16(14-8-15(21)19-13(18(14)27)5-7-28-19)23-24-20-17(11)22-10-26(20)12-4-3-6-25(2)9-12/h8,10,12,27H,3-7,9H2,1-2H3/t12-/m1/s1. The molecule has 1 fully saturated rings. The van der Waals surface area contributed by atoms with E-state index >= 15 is 0 Å². The first kappa shape index (κ1) is 17.4. The number of hydrogen-bond acceptors (Lipinski definition) is 6. The lowest BCUT2D eigenvalue weighted by atomic mass is 10.0. The smallest absolute Gasteiger partial charge is 0.183 e. The van der Waals surface area contributed by atoms with Gasteiger partial charge in [0.05, 0.1) is 12.9 Å². The average Bonchev–Trinajstić information content (AvgIpc) is 3.33. The number of likely N-dealkylation sites (N-methyl/N-ethyl adjacent to an activating group) is 1. The van der Waals surface area contributed by atoms with Crippen LogP contribution in [0.15, 0.2) is 12.4 Å². The fourth-order valence-electron chi connectivity index (χ4n) is 4.39. The topological polar surface area (TPSA) is 76.3 Å². The van der Waals surface area contributed by atoms with E-state index in [2.05, 4.69) is 31.7 Å². The van der Waals surface area contributed by atoms with E-state index in [9.17, 15) is 9.50 Å². The minimum Gasteiger partial charge on any atom is -0.507 e. The zero-order chi connectivity index (χ0) is 19.4. The summed E-state index contributed by atoms with van der Waals surface area (Å²) in [5.74, 6) is -0.338. The van der Waals surface area contributed by atoms with Crippen molar-refractivity contribution < 1.29 is 14.2 Å². The molecule has 1 N–H and O–H groups in total. The SMILES string of the molecule is Cc1c(-c2cc(F)c3c(c2O)CCO3)nnc2c1ncn2[C@@H]1CCCN(C)C1. The second kappa shape index (κ2) is 6.41. The summed E-state index contributed by atoms with van der Waals surface area (Å²) in [7, 11) is 2.12. The van der Waals surface area contributed by atoms with Crippen molar-refractivity contribution in [2.75, 3.05) is 26.7 Å². The first-order valence-corrected chi connectivity index (χ1v) is 9.60. The number of ether oxygens (including phenoxy) is 1. The van der Waals surface area contributed by atoms with E-state index in [1.165, 1.54) is 6.07 Å². The zero-order valence-electron chi connectivity index (χ0n) is 15.9. The molecule has 0 bridgehead atoms. The van der Waals surface area contributed by atoms with Gasteiger partial charge in [-0.15, -0.1) is 10.2 Å². The molecule has 1 saturated heterocycles. The predicted molar refractivity (Wildman–Crippen MR) is 102 cm³/mol. The molecule has 1 atom stereocenters. The van der Waals surface area contributed by atoms with E-state index in [0.29, 0.717) is 35.9 Å². The van der Waals surface area contributed by atoms with E-state index < -0.39 is 5.82 Å². The number of phenolic OH excluding ortho intramolecular Hbond substituents is 1. The van der Waals surface area contributed by atoms with E-state index in [1.807, 2.05) is 13.3 Å². The third-order valence-corrected chi connectivity index (χ3v) is 5.87. The lowest BCUT2D eigenvalue weighted by Crippen LogP contribution is -2.33. The van der Waals surface area contributed by atoms with Crippen molar-refractivity contribution >= 4 is 11.2 Å². The van der Waals surface area contributed by atoms with Crippen LogP contribution >= 0.6 is 0 Å². The summed E-state index contributed by atoms with van der Waals surface area (Å²) < 4.78 is 21.8. The molecule has 2 aliphatic rings. The molecule has 0 amide bonds. The molecular weight excluding hydrogens is 361 g/mol. The predicted octanol–water partition coefficient (Wildman–Crippen LogP) is 2.85. The van der Waals surface area contributed by atoms with Gasteiger partial charge in [-0.25, -0.2) is 9.37 Å². The normalized spacial score (nSPS) is 19.8. The van der Waals surface area contributed by atoms with Crippen LogP contribution in [0.25, 0.3) is 22.4 Å². The van der Waals surface area contributed by atoms with E-state index in [1.54, 1.807) is 0 Å². The largest absolute Gasteiger partial charge is 0.507 e. The number of aromatic hydroxyl groups is 1. The van der Waals surface area contributed by atoms with Crippen LogP contribution in [0.4, 0.5) is 4.39 Å². The highest BCUT2D eigenvalue weighted by Gasteiger charge is 2.27. The Morgan fingerprint density at radius 3 is 3.00 bits per heavy atom. The van der Waals surface area contributed by atoms with Gasteiger partial charge in [0.1, 0.15) is 17.0 Å². The van der Waals surface area contributed by atoms with Gasteiger partial charge in [-0.3, -0.25) is 0 Å². The van der Waals surface area contributed by atoms with Gasteiger partial charge in [0, 0.05) is 35.7 Å². The molecule has 0 spiro atoms. The summed E-state index contributed by atoms with van der Waals surface area (Å²) in [6, 6.07) is 1.58. The highest BCUT2D eigenvalue weighted by Crippen LogP contribution is 2.43. The number of hydrogen-bond donors (Lipinski definition) is 1. The van der Waals surface area contributed by atoms with Gasteiger partial charge < -0.3 is 19.3 Å². The number of imidazole rings is 1. The number of halogens is 1. The fourth-order valence-corrected chi connectivity index (χ4v) is 4.39.